The van der Waals surface area contributed by atoms with Gasteiger partial charge in [-0.05, 0) is 49.2 Å². The minimum absolute atomic E-state index is 0.264. The summed E-state index contributed by atoms with van der Waals surface area (Å²) < 4.78 is 27.2. The Hall–Kier alpha value is -2.01. The Bertz CT molecular complexity index is 705. The third kappa shape index (κ3) is 4.49. The number of nitrogens with one attached hydrogen (secondary N) is 2. The SMILES string of the molecule is Cc1ccc(S(=O)(=O)Nc2ccc(NCC(C)C)cc2)cc1. The smallest absolute Gasteiger partial charge is 0.261 e. The molecule has 0 radical (unpaired) electrons. The van der Waals surface area contributed by atoms with Gasteiger partial charge in [-0.25, -0.2) is 8.42 Å². The van der Waals surface area contributed by atoms with Crippen LogP contribution in [0.1, 0.15) is 19.4 Å². The zero-order valence-corrected chi connectivity index (χ0v) is 13.9. The van der Waals surface area contributed by atoms with Crippen molar-refractivity contribution in [2.24, 2.45) is 5.92 Å². The normalized spacial score (nSPS) is 11.5. The molecule has 0 unspecified atom stereocenters. The number of hydrogen-bond acceptors (Lipinski definition) is 3. The molecule has 118 valence electrons. The maximum atomic E-state index is 12.3. The number of sulfonamides is 1. The molecule has 2 aromatic carbocycles. The van der Waals surface area contributed by atoms with E-state index in [1.807, 2.05) is 19.1 Å². The first kappa shape index (κ1) is 16.4. The molecule has 22 heavy (non-hydrogen) atoms. The fraction of sp³-hybridized carbons (Fsp3) is 0.294. The van der Waals surface area contributed by atoms with E-state index in [2.05, 4.69) is 23.9 Å². The first-order chi connectivity index (χ1) is 10.4. The van der Waals surface area contributed by atoms with Crippen LogP contribution < -0.4 is 10.0 Å². The topological polar surface area (TPSA) is 58.2 Å². The Morgan fingerprint density at radius 3 is 2.00 bits per heavy atom. The van der Waals surface area contributed by atoms with Gasteiger partial charge in [0.25, 0.3) is 10.0 Å². The summed E-state index contributed by atoms with van der Waals surface area (Å²) in [5.41, 5.74) is 2.56. The summed E-state index contributed by atoms with van der Waals surface area (Å²) in [5.74, 6) is 0.555. The highest BCUT2D eigenvalue weighted by Gasteiger charge is 2.13. The second kappa shape index (κ2) is 6.83. The van der Waals surface area contributed by atoms with Gasteiger partial charge in [0.05, 0.1) is 4.90 Å². The highest BCUT2D eigenvalue weighted by atomic mass is 32.2. The van der Waals surface area contributed by atoms with E-state index >= 15 is 0 Å². The molecule has 0 aliphatic rings. The standard InChI is InChI=1S/C17H22N2O2S/c1-13(2)12-18-15-6-8-16(9-7-15)19-22(20,21)17-10-4-14(3)5-11-17/h4-11,13,18-19H,12H2,1-3H3. The molecule has 5 heteroatoms. The van der Waals surface area contributed by atoms with Crippen molar-refractivity contribution in [3.63, 3.8) is 0 Å². The summed E-state index contributed by atoms with van der Waals surface area (Å²) >= 11 is 0. The van der Waals surface area contributed by atoms with Gasteiger partial charge in [0.2, 0.25) is 0 Å². The van der Waals surface area contributed by atoms with Crippen LogP contribution in [0.3, 0.4) is 0 Å². The molecule has 0 saturated carbocycles. The molecule has 0 fully saturated rings. The van der Waals surface area contributed by atoms with Gasteiger partial charge in [-0.15, -0.1) is 0 Å². The predicted octanol–water partition coefficient (Wildman–Crippen LogP) is 3.86. The Labute approximate surface area is 132 Å². The van der Waals surface area contributed by atoms with E-state index in [9.17, 15) is 8.42 Å². The van der Waals surface area contributed by atoms with Crippen LogP contribution in [0.2, 0.25) is 0 Å². The molecule has 2 aromatic rings. The van der Waals surface area contributed by atoms with Gasteiger partial charge in [0.15, 0.2) is 0 Å². The zero-order chi connectivity index (χ0) is 16.2. The van der Waals surface area contributed by atoms with Gasteiger partial charge in [-0.3, -0.25) is 4.72 Å². The monoisotopic (exact) mass is 318 g/mol. The van der Waals surface area contributed by atoms with Gasteiger partial charge < -0.3 is 5.32 Å². The van der Waals surface area contributed by atoms with E-state index in [1.165, 1.54) is 0 Å². The summed E-state index contributed by atoms with van der Waals surface area (Å²) in [4.78, 5) is 0.264. The van der Waals surface area contributed by atoms with Crippen molar-refractivity contribution < 1.29 is 8.42 Å². The molecule has 0 saturated heterocycles. The molecular formula is C17H22N2O2S. The van der Waals surface area contributed by atoms with Crippen LogP contribution in [0.5, 0.6) is 0 Å². The largest absolute Gasteiger partial charge is 0.385 e. The van der Waals surface area contributed by atoms with E-state index in [0.717, 1.165) is 17.8 Å². The van der Waals surface area contributed by atoms with Crippen molar-refractivity contribution in [2.45, 2.75) is 25.7 Å². The van der Waals surface area contributed by atoms with Crippen LogP contribution in [-0.4, -0.2) is 15.0 Å². The van der Waals surface area contributed by atoms with Crippen LogP contribution in [0, 0.1) is 12.8 Å². The van der Waals surface area contributed by atoms with Crippen molar-refractivity contribution >= 4 is 21.4 Å². The van der Waals surface area contributed by atoms with Gasteiger partial charge in [-0.2, -0.15) is 0 Å². The summed E-state index contributed by atoms with van der Waals surface area (Å²) in [6, 6.07) is 14.0. The van der Waals surface area contributed by atoms with E-state index in [1.54, 1.807) is 36.4 Å². The second-order valence-corrected chi connectivity index (χ2v) is 7.45. The summed E-state index contributed by atoms with van der Waals surface area (Å²) in [5, 5.41) is 3.29. The average Bonchev–Trinajstić information content (AvgIpc) is 2.46. The molecule has 0 atom stereocenters. The molecular weight excluding hydrogens is 296 g/mol. The number of rotatable bonds is 6. The van der Waals surface area contributed by atoms with E-state index in [4.69, 9.17) is 0 Å². The van der Waals surface area contributed by atoms with E-state index in [0.29, 0.717) is 11.6 Å². The lowest BCUT2D eigenvalue weighted by atomic mass is 10.2. The molecule has 0 aromatic heterocycles. The predicted molar refractivity (Wildman–Crippen MR) is 91.8 cm³/mol. The molecule has 0 aliphatic carbocycles. The summed E-state index contributed by atoms with van der Waals surface area (Å²) in [6.07, 6.45) is 0. The minimum atomic E-state index is -3.54. The van der Waals surface area contributed by atoms with Crippen molar-refractivity contribution in [1.82, 2.24) is 0 Å². The number of hydrogen-bond donors (Lipinski definition) is 2. The van der Waals surface area contributed by atoms with Crippen LogP contribution >= 0.6 is 0 Å². The first-order valence-corrected chi connectivity index (χ1v) is 8.78. The zero-order valence-electron chi connectivity index (χ0n) is 13.1. The molecule has 0 aliphatic heterocycles. The molecule has 2 rings (SSSR count). The molecule has 0 amide bonds. The number of benzene rings is 2. The lowest BCUT2D eigenvalue weighted by molar-refractivity contribution is 0.601. The van der Waals surface area contributed by atoms with E-state index in [-0.39, 0.29) is 4.90 Å². The van der Waals surface area contributed by atoms with E-state index < -0.39 is 10.0 Å². The minimum Gasteiger partial charge on any atom is -0.385 e. The third-order valence-electron chi connectivity index (χ3n) is 3.18. The van der Waals surface area contributed by atoms with Crippen molar-refractivity contribution in [3.05, 3.63) is 54.1 Å². The number of anilines is 2. The van der Waals surface area contributed by atoms with Crippen molar-refractivity contribution in [2.75, 3.05) is 16.6 Å². The third-order valence-corrected chi connectivity index (χ3v) is 4.58. The Balaban J connectivity index is 2.08. The quantitative estimate of drug-likeness (QED) is 0.850. The molecule has 0 bridgehead atoms. The second-order valence-electron chi connectivity index (χ2n) is 5.77. The van der Waals surface area contributed by atoms with Crippen LogP contribution in [0.4, 0.5) is 11.4 Å². The van der Waals surface area contributed by atoms with Gasteiger partial charge in [-0.1, -0.05) is 31.5 Å². The Morgan fingerprint density at radius 1 is 0.909 bits per heavy atom. The van der Waals surface area contributed by atoms with Crippen molar-refractivity contribution in [1.29, 1.82) is 0 Å². The number of aryl methyl sites for hydroxylation is 1. The van der Waals surface area contributed by atoms with Crippen LogP contribution in [0.25, 0.3) is 0 Å². The van der Waals surface area contributed by atoms with Crippen LogP contribution in [-0.2, 0) is 10.0 Å². The van der Waals surface area contributed by atoms with Gasteiger partial charge >= 0.3 is 0 Å². The van der Waals surface area contributed by atoms with Gasteiger partial charge in [0.1, 0.15) is 0 Å². The molecule has 4 nitrogen and oxygen atoms in total. The Kier molecular flexibility index (Phi) is 5.08. The fourth-order valence-corrected chi connectivity index (χ4v) is 2.97. The average molecular weight is 318 g/mol. The molecule has 0 heterocycles. The van der Waals surface area contributed by atoms with Crippen molar-refractivity contribution in [3.8, 4) is 0 Å². The Morgan fingerprint density at radius 2 is 1.45 bits per heavy atom. The van der Waals surface area contributed by atoms with Crippen LogP contribution in [0.15, 0.2) is 53.4 Å². The molecule has 2 N–H and O–H groups in total. The lowest BCUT2D eigenvalue weighted by Crippen LogP contribution is -2.13. The lowest BCUT2D eigenvalue weighted by Gasteiger charge is -2.11. The first-order valence-electron chi connectivity index (χ1n) is 7.30. The highest BCUT2D eigenvalue weighted by Crippen LogP contribution is 2.19. The summed E-state index contributed by atoms with van der Waals surface area (Å²) in [7, 11) is -3.54. The summed E-state index contributed by atoms with van der Waals surface area (Å²) in [6.45, 7) is 7.08. The van der Waals surface area contributed by atoms with Gasteiger partial charge in [0, 0.05) is 17.9 Å². The highest BCUT2D eigenvalue weighted by molar-refractivity contribution is 7.92. The fourth-order valence-electron chi connectivity index (χ4n) is 1.91. The maximum Gasteiger partial charge on any atom is 0.261 e. The maximum absolute atomic E-state index is 12.3. The molecule has 0 spiro atoms.